The number of hydrogen-bond acceptors (Lipinski definition) is 3. The zero-order valence-electron chi connectivity index (χ0n) is 23.0. The van der Waals surface area contributed by atoms with Crippen LogP contribution in [0.4, 0.5) is 0 Å². The van der Waals surface area contributed by atoms with E-state index < -0.39 is 18.0 Å². The van der Waals surface area contributed by atoms with Crippen molar-refractivity contribution in [1.29, 1.82) is 0 Å². The third-order valence-electron chi connectivity index (χ3n) is 8.64. The molecule has 5 unspecified atom stereocenters. The number of aliphatic hydroxyl groups excluding tert-OH is 1. The number of carboxylic acid groups (broad SMARTS) is 1. The molecule has 0 saturated heterocycles. The Morgan fingerprint density at radius 3 is 2.39 bits per heavy atom. The maximum absolute atomic E-state index is 12.2. The standard InChI is InChI=1S/C32H53NO3/c1-3-26(13-7-4-8-14-27-15-9-5-10-16-27)19-21-29(23-24-33)30(31(25(2)34)32(35)36)22-20-28-17-11-6-12-18-28/h4,6-7,11-12,17-18,25-27,29-31,34H,3,5,8-10,13-16,19-24,33H2,1-2H3,(H,35,36). The lowest BCUT2D eigenvalue weighted by Crippen LogP contribution is -2.38. The Balaban J connectivity index is 1.96. The molecule has 0 spiro atoms. The van der Waals surface area contributed by atoms with Gasteiger partial charge in [0.05, 0.1) is 12.0 Å². The quantitative estimate of drug-likeness (QED) is 0.184. The van der Waals surface area contributed by atoms with Crippen LogP contribution in [0.15, 0.2) is 42.5 Å². The number of nitrogens with two attached hydrogens (primary N) is 1. The SMILES string of the molecule is CCC(CC=CCCC1CCCCC1)CCC(CCN)C(CCc1ccccc1)C(C(=O)O)C(C)O. The highest BCUT2D eigenvalue weighted by Gasteiger charge is 2.36. The Hall–Kier alpha value is -1.65. The highest BCUT2D eigenvalue weighted by molar-refractivity contribution is 5.71. The second-order valence-electron chi connectivity index (χ2n) is 11.3. The normalized spacial score (nSPS) is 19.1. The van der Waals surface area contributed by atoms with Gasteiger partial charge in [0.15, 0.2) is 0 Å². The van der Waals surface area contributed by atoms with Gasteiger partial charge >= 0.3 is 5.97 Å². The minimum atomic E-state index is -0.891. The van der Waals surface area contributed by atoms with E-state index in [1.165, 1.54) is 50.5 Å². The van der Waals surface area contributed by atoms with Crippen LogP contribution in [0.5, 0.6) is 0 Å². The molecule has 4 nitrogen and oxygen atoms in total. The molecule has 0 bridgehead atoms. The minimum absolute atomic E-state index is 0.0882. The summed E-state index contributed by atoms with van der Waals surface area (Å²) >= 11 is 0. The predicted molar refractivity (Wildman–Crippen MR) is 151 cm³/mol. The van der Waals surface area contributed by atoms with Gasteiger partial charge < -0.3 is 15.9 Å². The lowest BCUT2D eigenvalue weighted by Gasteiger charge is -2.34. The van der Waals surface area contributed by atoms with Gasteiger partial charge in [0.1, 0.15) is 0 Å². The molecule has 2 rings (SSSR count). The second-order valence-corrected chi connectivity index (χ2v) is 11.3. The zero-order chi connectivity index (χ0) is 26.2. The van der Waals surface area contributed by atoms with Gasteiger partial charge in [-0.05, 0) is 94.1 Å². The van der Waals surface area contributed by atoms with Crippen LogP contribution in [0.25, 0.3) is 0 Å². The van der Waals surface area contributed by atoms with Crippen molar-refractivity contribution in [3.63, 3.8) is 0 Å². The van der Waals surface area contributed by atoms with Crippen LogP contribution in [0.3, 0.4) is 0 Å². The Kier molecular flexibility index (Phi) is 15.1. The van der Waals surface area contributed by atoms with Crippen LogP contribution >= 0.6 is 0 Å². The number of carboxylic acids is 1. The number of benzene rings is 1. The van der Waals surface area contributed by atoms with E-state index in [4.69, 9.17) is 5.73 Å². The van der Waals surface area contributed by atoms with Crippen LogP contribution in [-0.2, 0) is 11.2 Å². The van der Waals surface area contributed by atoms with E-state index in [0.717, 1.165) is 50.9 Å². The average molecular weight is 500 g/mol. The van der Waals surface area contributed by atoms with Crippen LogP contribution in [0.2, 0.25) is 0 Å². The van der Waals surface area contributed by atoms with Crippen LogP contribution in [0.1, 0.15) is 103 Å². The van der Waals surface area contributed by atoms with Crippen molar-refractivity contribution in [2.75, 3.05) is 6.54 Å². The molecule has 204 valence electrons. The summed E-state index contributed by atoms with van der Waals surface area (Å²) < 4.78 is 0. The molecule has 4 N–H and O–H groups in total. The zero-order valence-corrected chi connectivity index (χ0v) is 23.0. The van der Waals surface area contributed by atoms with Crippen LogP contribution < -0.4 is 5.73 Å². The number of aliphatic carboxylic acids is 1. The summed E-state index contributed by atoms with van der Waals surface area (Å²) in [6, 6.07) is 10.3. The Morgan fingerprint density at radius 1 is 1.06 bits per heavy atom. The van der Waals surface area contributed by atoms with Gasteiger partial charge in [-0.25, -0.2) is 0 Å². The topological polar surface area (TPSA) is 83.6 Å². The van der Waals surface area contributed by atoms with Gasteiger partial charge in [-0.2, -0.15) is 0 Å². The van der Waals surface area contributed by atoms with Crippen molar-refractivity contribution in [2.45, 2.75) is 110 Å². The van der Waals surface area contributed by atoms with E-state index in [-0.39, 0.29) is 11.8 Å². The maximum atomic E-state index is 12.2. The lowest BCUT2D eigenvalue weighted by molar-refractivity contribution is -0.149. The molecule has 1 fully saturated rings. The summed E-state index contributed by atoms with van der Waals surface area (Å²) in [5, 5.41) is 20.4. The molecule has 0 aromatic heterocycles. The van der Waals surface area contributed by atoms with Crippen molar-refractivity contribution in [3.05, 3.63) is 48.0 Å². The fraction of sp³-hybridized carbons (Fsp3) is 0.719. The molecular formula is C32H53NO3. The number of aryl methyl sites for hydroxylation is 1. The average Bonchev–Trinajstić information content (AvgIpc) is 2.88. The molecule has 1 aliphatic carbocycles. The molecular weight excluding hydrogens is 446 g/mol. The first kappa shape index (κ1) is 30.6. The first-order valence-electron chi connectivity index (χ1n) is 14.8. The number of allylic oxidation sites excluding steroid dienone is 2. The second kappa shape index (κ2) is 17.7. The lowest BCUT2D eigenvalue weighted by atomic mass is 9.72. The number of carbonyl (C=O) groups is 1. The number of rotatable bonds is 18. The molecule has 0 aliphatic heterocycles. The fourth-order valence-corrected chi connectivity index (χ4v) is 6.37. The number of hydrogen-bond donors (Lipinski definition) is 3. The monoisotopic (exact) mass is 499 g/mol. The molecule has 1 aromatic carbocycles. The van der Waals surface area contributed by atoms with E-state index in [2.05, 4.69) is 31.2 Å². The molecule has 5 atom stereocenters. The summed E-state index contributed by atoms with van der Waals surface area (Å²) in [6.07, 6.45) is 20.2. The smallest absolute Gasteiger partial charge is 0.309 e. The first-order valence-corrected chi connectivity index (χ1v) is 14.8. The van der Waals surface area contributed by atoms with E-state index in [1.807, 2.05) is 18.2 Å². The van der Waals surface area contributed by atoms with E-state index in [1.54, 1.807) is 6.92 Å². The molecule has 1 saturated carbocycles. The highest BCUT2D eigenvalue weighted by Crippen LogP contribution is 2.36. The van der Waals surface area contributed by atoms with Crippen molar-refractivity contribution in [3.8, 4) is 0 Å². The van der Waals surface area contributed by atoms with Crippen molar-refractivity contribution >= 4 is 5.97 Å². The third kappa shape index (κ3) is 11.2. The minimum Gasteiger partial charge on any atom is -0.481 e. The van der Waals surface area contributed by atoms with E-state index >= 15 is 0 Å². The van der Waals surface area contributed by atoms with Gasteiger partial charge in [-0.1, -0.05) is 87.9 Å². The van der Waals surface area contributed by atoms with Gasteiger partial charge in [-0.15, -0.1) is 0 Å². The largest absolute Gasteiger partial charge is 0.481 e. The molecule has 1 aromatic rings. The van der Waals surface area contributed by atoms with E-state index in [0.29, 0.717) is 12.5 Å². The summed E-state index contributed by atoms with van der Waals surface area (Å²) in [5.74, 6) is 0.0173. The van der Waals surface area contributed by atoms with Crippen LogP contribution in [-0.4, -0.2) is 28.8 Å². The van der Waals surface area contributed by atoms with Gasteiger partial charge in [0, 0.05) is 0 Å². The molecule has 0 amide bonds. The first-order chi connectivity index (χ1) is 17.5. The van der Waals surface area contributed by atoms with Gasteiger partial charge in [0.2, 0.25) is 0 Å². The Labute approximate surface area is 220 Å². The summed E-state index contributed by atoms with van der Waals surface area (Å²) in [7, 11) is 0. The Morgan fingerprint density at radius 2 is 1.78 bits per heavy atom. The molecule has 0 heterocycles. The highest BCUT2D eigenvalue weighted by atomic mass is 16.4. The summed E-state index contributed by atoms with van der Waals surface area (Å²) in [5.41, 5.74) is 7.24. The van der Waals surface area contributed by atoms with Crippen molar-refractivity contribution < 1.29 is 15.0 Å². The van der Waals surface area contributed by atoms with Gasteiger partial charge in [-0.3, -0.25) is 4.79 Å². The summed E-state index contributed by atoms with van der Waals surface area (Å²) in [4.78, 5) is 12.2. The Bertz CT molecular complexity index is 726. The molecule has 0 radical (unpaired) electrons. The molecule has 4 heteroatoms. The van der Waals surface area contributed by atoms with E-state index in [9.17, 15) is 15.0 Å². The van der Waals surface area contributed by atoms with Gasteiger partial charge in [0.25, 0.3) is 0 Å². The van der Waals surface area contributed by atoms with Crippen molar-refractivity contribution in [2.24, 2.45) is 35.3 Å². The maximum Gasteiger partial charge on any atom is 0.309 e. The summed E-state index contributed by atoms with van der Waals surface area (Å²) in [6.45, 7) is 4.44. The number of aliphatic hydroxyl groups is 1. The molecule has 1 aliphatic rings. The third-order valence-corrected chi connectivity index (χ3v) is 8.64. The predicted octanol–water partition coefficient (Wildman–Crippen LogP) is 7.40. The van der Waals surface area contributed by atoms with Crippen LogP contribution in [0, 0.1) is 29.6 Å². The molecule has 36 heavy (non-hydrogen) atoms. The fourth-order valence-electron chi connectivity index (χ4n) is 6.37. The van der Waals surface area contributed by atoms with Crippen molar-refractivity contribution in [1.82, 2.24) is 0 Å².